The minimum atomic E-state index is -0.949. The Morgan fingerprint density at radius 3 is 1.86 bits per heavy atom. The number of esters is 1. The molecule has 1 saturated heterocycles. The molecule has 3 aromatic rings. The van der Waals surface area contributed by atoms with Gasteiger partial charge < -0.3 is 4.74 Å². The summed E-state index contributed by atoms with van der Waals surface area (Å²) in [5.74, 6) is -1.02. The zero-order chi connectivity index (χ0) is 26.5. The fourth-order valence-corrected chi connectivity index (χ4v) is 5.26. The number of ether oxygens (including phenoxy) is 1. The van der Waals surface area contributed by atoms with Gasteiger partial charge in [-0.3, -0.25) is 10.1 Å². The molecule has 2 unspecified atom stereocenters. The molecular weight excluding hydrogens is 458 g/mol. The van der Waals surface area contributed by atoms with Gasteiger partial charge in [-0.25, -0.2) is 4.79 Å². The second kappa shape index (κ2) is 11.3. The molecule has 3 aromatic carbocycles. The van der Waals surface area contributed by atoms with Gasteiger partial charge in [0.25, 0.3) is 0 Å². The summed E-state index contributed by atoms with van der Waals surface area (Å²) in [6, 6.07) is 28.6. The van der Waals surface area contributed by atoms with Crippen molar-refractivity contribution in [2.45, 2.75) is 64.1 Å². The molecule has 0 aliphatic carbocycles. The third kappa shape index (κ3) is 5.60. The Morgan fingerprint density at radius 2 is 1.38 bits per heavy atom. The van der Waals surface area contributed by atoms with Gasteiger partial charge in [0.2, 0.25) is 0 Å². The number of benzene rings is 3. The van der Waals surface area contributed by atoms with Gasteiger partial charge in [-0.05, 0) is 43.9 Å². The van der Waals surface area contributed by atoms with E-state index in [0.29, 0.717) is 5.56 Å². The lowest BCUT2D eigenvalue weighted by atomic mass is 9.69. The monoisotopic (exact) mass is 495 g/mol. The van der Waals surface area contributed by atoms with Gasteiger partial charge in [0, 0.05) is 5.56 Å². The van der Waals surface area contributed by atoms with Crippen LogP contribution in [0.15, 0.2) is 103 Å². The number of hydrogen-bond acceptors (Lipinski definition) is 4. The summed E-state index contributed by atoms with van der Waals surface area (Å²) >= 11 is 0. The maximum absolute atomic E-state index is 14.5. The number of allylic oxidation sites excluding steroid dienone is 1. The van der Waals surface area contributed by atoms with Crippen LogP contribution in [0.2, 0.25) is 0 Å². The molecule has 0 saturated carbocycles. The van der Waals surface area contributed by atoms with Gasteiger partial charge >= 0.3 is 5.97 Å². The number of hydrogen-bond donors (Lipinski definition) is 1. The van der Waals surface area contributed by atoms with Crippen LogP contribution >= 0.6 is 0 Å². The predicted molar refractivity (Wildman–Crippen MR) is 148 cm³/mol. The number of nitrogens with one attached hydrogen (secondary N) is 1. The van der Waals surface area contributed by atoms with Gasteiger partial charge in [-0.2, -0.15) is 0 Å². The van der Waals surface area contributed by atoms with Crippen molar-refractivity contribution in [2.75, 3.05) is 0 Å². The molecule has 4 rings (SSSR count). The molecule has 0 aromatic heterocycles. The molecule has 4 nitrogen and oxygen atoms in total. The van der Waals surface area contributed by atoms with Crippen LogP contribution in [-0.2, 0) is 15.1 Å². The standard InChI is InChI=1S/C33H37NO3/c1-5-6-10-23-27-28(30(35)24-17-11-7-12-18-24)33(25-19-13-8-14-20-25,26-21-15-9-16-22-26)34-29(27)31(36)37-32(2,3)4/h7-9,11-23,28-29,34H,5-6,10H2,1-4H3/b27-23-. The summed E-state index contributed by atoms with van der Waals surface area (Å²) in [5.41, 5.74) is 1.67. The summed E-state index contributed by atoms with van der Waals surface area (Å²) in [6.07, 6.45) is 4.88. The number of rotatable bonds is 8. The minimum Gasteiger partial charge on any atom is -0.459 e. The molecule has 1 N–H and O–H groups in total. The molecule has 37 heavy (non-hydrogen) atoms. The maximum Gasteiger partial charge on any atom is 0.328 e. The first-order chi connectivity index (χ1) is 17.8. The van der Waals surface area contributed by atoms with Crippen LogP contribution in [-0.4, -0.2) is 23.4 Å². The summed E-state index contributed by atoms with van der Waals surface area (Å²) in [6.45, 7) is 7.75. The Morgan fingerprint density at radius 1 is 0.865 bits per heavy atom. The largest absolute Gasteiger partial charge is 0.459 e. The van der Waals surface area contributed by atoms with Crippen molar-refractivity contribution in [1.82, 2.24) is 5.32 Å². The number of ketones is 1. The van der Waals surface area contributed by atoms with Crippen molar-refractivity contribution >= 4 is 11.8 Å². The van der Waals surface area contributed by atoms with E-state index in [0.717, 1.165) is 36.0 Å². The van der Waals surface area contributed by atoms with Crippen LogP contribution in [0.1, 0.15) is 68.4 Å². The van der Waals surface area contributed by atoms with Crippen molar-refractivity contribution in [3.63, 3.8) is 0 Å². The maximum atomic E-state index is 14.5. The summed E-state index contributed by atoms with van der Waals surface area (Å²) in [4.78, 5) is 28.2. The van der Waals surface area contributed by atoms with Crippen molar-refractivity contribution in [3.8, 4) is 0 Å². The van der Waals surface area contributed by atoms with Crippen LogP contribution < -0.4 is 5.32 Å². The number of carbonyl (C=O) groups is 2. The van der Waals surface area contributed by atoms with Crippen molar-refractivity contribution < 1.29 is 14.3 Å². The van der Waals surface area contributed by atoms with E-state index in [1.165, 1.54) is 0 Å². The van der Waals surface area contributed by atoms with E-state index >= 15 is 0 Å². The highest BCUT2D eigenvalue weighted by molar-refractivity contribution is 6.03. The number of Topliss-reactive ketones (excluding diaryl/α,β-unsaturated/α-hetero) is 1. The highest BCUT2D eigenvalue weighted by Crippen LogP contribution is 2.49. The highest BCUT2D eigenvalue weighted by atomic mass is 16.6. The van der Waals surface area contributed by atoms with Gasteiger partial charge in [-0.1, -0.05) is 117 Å². The first-order valence-electron chi connectivity index (χ1n) is 13.2. The molecule has 0 spiro atoms. The second-order valence-electron chi connectivity index (χ2n) is 10.7. The number of unbranched alkanes of at least 4 members (excludes halogenated alkanes) is 2. The smallest absolute Gasteiger partial charge is 0.328 e. The molecule has 1 heterocycles. The van der Waals surface area contributed by atoms with Crippen molar-refractivity contribution in [2.24, 2.45) is 5.92 Å². The number of carbonyl (C=O) groups excluding carboxylic acids is 2. The highest BCUT2D eigenvalue weighted by Gasteiger charge is 2.57. The summed E-state index contributed by atoms with van der Waals surface area (Å²) in [7, 11) is 0. The first-order valence-corrected chi connectivity index (χ1v) is 13.2. The van der Waals surface area contributed by atoms with E-state index in [1.54, 1.807) is 0 Å². The van der Waals surface area contributed by atoms with E-state index < -0.39 is 23.1 Å². The topological polar surface area (TPSA) is 55.4 Å². The third-order valence-corrected chi connectivity index (χ3v) is 6.83. The lowest BCUT2D eigenvalue weighted by Gasteiger charge is -2.36. The molecule has 0 bridgehead atoms. The zero-order valence-corrected chi connectivity index (χ0v) is 22.2. The van der Waals surface area contributed by atoms with Crippen LogP contribution in [0.25, 0.3) is 0 Å². The van der Waals surface area contributed by atoms with E-state index in [2.05, 4.69) is 18.3 Å². The van der Waals surface area contributed by atoms with Crippen LogP contribution in [0, 0.1) is 5.92 Å². The van der Waals surface area contributed by atoms with Gasteiger partial charge in [-0.15, -0.1) is 0 Å². The fraction of sp³-hybridized carbons (Fsp3) is 0.333. The molecule has 1 aliphatic rings. The fourth-order valence-electron chi connectivity index (χ4n) is 5.26. The molecule has 1 aliphatic heterocycles. The Labute approximate surface area is 220 Å². The normalized spacial score (nSPS) is 20.1. The quantitative estimate of drug-likeness (QED) is 0.161. The van der Waals surface area contributed by atoms with Gasteiger partial charge in [0.1, 0.15) is 11.6 Å². The zero-order valence-electron chi connectivity index (χ0n) is 22.2. The Hall–Kier alpha value is -3.50. The van der Waals surface area contributed by atoms with E-state index in [4.69, 9.17) is 4.74 Å². The third-order valence-electron chi connectivity index (χ3n) is 6.83. The van der Waals surface area contributed by atoms with Crippen LogP contribution in [0.5, 0.6) is 0 Å². The molecule has 1 fully saturated rings. The lowest BCUT2D eigenvalue weighted by molar-refractivity contribution is -0.156. The minimum absolute atomic E-state index is 0.0189. The lowest BCUT2D eigenvalue weighted by Crippen LogP contribution is -2.49. The molecule has 2 atom stereocenters. The average Bonchev–Trinajstić information content (AvgIpc) is 3.25. The van der Waals surface area contributed by atoms with Gasteiger partial charge in [0.15, 0.2) is 5.78 Å². The molecular formula is C33H37NO3. The summed E-state index contributed by atoms with van der Waals surface area (Å²) < 4.78 is 5.90. The Kier molecular flexibility index (Phi) is 8.09. The Balaban J connectivity index is 2.00. The molecule has 192 valence electrons. The molecule has 0 radical (unpaired) electrons. The van der Waals surface area contributed by atoms with Crippen LogP contribution in [0.3, 0.4) is 0 Å². The summed E-state index contributed by atoms with van der Waals surface area (Å²) in [5, 5.41) is 3.67. The van der Waals surface area contributed by atoms with E-state index in [1.807, 2.05) is 112 Å². The van der Waals surface area contributed by atoms with E-state index in [-0.39, 0.29) is 11.8 Å². The van der Waals surface area contributed by atoms with Gasteiger partial charge in [0.05, 0.1) is 11.5 Å². The average molecular weight is 496 g/mol. The van der Waals surface area contributed by atoms with Crippen LogP contribution in [0.4, 0.5) is 0 Å². The molecule has 0 amide bonds. The molecule has 4 heteroatoms. The Bertz CT molecular complexity index is 1190. The predicted octanol–water partition coefficient (Wildman–Crippen LogP) is 6.86. The van der Waals surface area contributed by atoms with E-state index in [9.17, 15) is 9.59 Å². The first kappa shape index (κ1) is 26.6. The van der Waals surface area contributed by atoms with Crippen molar-refractivity contribution in [1.29, 1.82) is 0 Å². The second-order valence-corrected chi connectivity index (χ2v) is 10.7. The SMILES string of the molecule is CCCC/C=C1\C(C(=O)OC(C)(C)C)NC(c2ccccc2)(c2ccccc2)C1C(=O)c1ccccc1. The van der Waals surface area contributed by atoms with Crippen molar-refractivity contribution in [3.05, 3.63) is 119 Å².